The van der Waals surface area contributed by atoms with Gasteiger partial charge in [0.2, 0.25) is 5.91 Å². The predicted octanol–water partition coefficient (Wildman–Crippen LogP) is 3.92. The van der Waals surface area contributed by atoms with Crippen LogP contribution in [0.15, 0.2) is 26.9 Å². The molecule has 1 aromatic carbocycles. The first-order valence-corrected chi connectivity index (χ1v) is 9.39. The van der Waals surface area contributed by atoms with E-state index in [1.165, 1.54) is 23.1 Å². The van der Waals surface area contributed by atoms with Crippen molar-refractivity contribution in [1.29, 1.82) is 0 Å². The van der Waals surface area contributed by atoms with E-state index in [2.05, 4.69) is 15.5 Å². The number of hydrogen-bond donors (Lipinski definition) is 1. The maximum Gasteiger partial charge on any atom is 0.418 e. The summed E-state index contributed by atoms with van der Waals surface area (Å²) in [6, 6.07) is 2.14. The molecule has 13 heteroatoms. The van der Waals surface area contributed by atoms with Crippen LogP contribution in [-0.2, 0) is 11.0 Å². The van der Waals surface area contributed by atoms with Gasteiger partial charge in [0.1, 0.15) is 0 Å². The van der Waals surface area contributed by atoms with Gasteiger partial charge in [0.15, 0.2) is 8.68 Å². The lowest BCUT2D eigenvalue weighted by Gasteiger charge is -2.13. The third-order valence-corrected chi connectivity index (χ3v) is 5.71. The van der Waals surface area contributed by atoms with Crippen LogP contribution in [-0.4, -0.2) is 33.0 Å². The van der Waals surface area contributed by atoms with Crippen LogP contribution in [0, 0.1) is 10.1 Å². The highest BCUT2D eigenvalue weighted by molar-refractivity contribution is 8.03. The number of hydrogen-bond acceptors (Lipinski definition) is 8. The van der Waals surface area contributed by atoms with Crippen LogP contribution in [0.4, 0.5) is 24.5 Å². The van der Waals surface area contributed by atoms with E-state index in [9.17, 15) is 28.1 Å². The summed E-state index contributed by atoms with van der Waals surface area (Å²) < 4.78 is 40.3. The minimum atomic E-state index is -4.84. The minimum absolute atomic E-state index is 0.169. The van der Waals surface area contributed by atoms with Crippen molar-refractivity contribution in [2.75, 3.05) is 17.3 Å². The first-order valence-electron chi connectivity index (χ1n) is 6.36. The van der Waals surface area contributed by atoms with Crippen molar-refractivity contribution in [2.45, 2.75) is 14.9 Å². The molecule has 1 aromatic heterocycles. The van der Waals surface area contributed by atoms with E-state index in [1.54, 1.807) is 0 Å². The number of nitrogens with one attached hydrogen (secondary N) is 1. The van der Waals surface area contributed by atoms with Crippen LogP contribution in [0.2, 0.25) is 0 Å². The van der Waals surface area contributed by atoms with Crippen molar-refractivity contribution in [3.8, 4) is 0 Å². The van der Waals surface area contributed by atoms with E-state index in [0.717, 1.165) is 23.9 Å². The zero-order valence-corrected chi connectivity index (χ0v) is 14.8. The molecule has 0 radical (unpaired) electrons. The number of aromatic nitrogens is 2. The lowest BCUT2D eigenvalue weighted by atomic mass is 10.1. The zero-order chi connectivity index (χ0) is 18.6. The lowest BCUT2D eigenvalue weighted by Crippen LogP contribution is -2.18. The number of amides is 1. The Hall–Kier alpha value is -1.86. The number of benzene rings is 1. The molecule has 0 aliphatic rings. The number of non-ortho nitro benzene ring substituents is 1. The molecule has 1 heterocycles. The number of carbonyl (C=O) groups is 1. The summed E-state index contributed by atoms with van der Waals surface area (Å²) in [6.45, 7) is 0. The fourth-order valence-electron chi connectivity index (χ4n) is 1.64. The molecule has 0 aliphatic carbocycles. The number of nitrogens with zero attached hydrogens (tertiary/aromatic N) is 3. The monoisotopic (exact) mass is 410 g/mol. The molecule has 2 rings (SSSR count). The van der Waals surface area contributed by atoms with Gasteiger partial charge in [-0.25, -0.2) is 0 Å². The van der Waals surface area contributed by atoms with E-state index >= 15 is 0 Å². The van der Waals surface area contributed by atoms with Crippen LogP contribution >= 0.6 is 34.9 Å². The Morgan fingerprint density at radius 2 is 2.04 bits per heavy atom. The molecule has 0 bridgehead atoms. The maximum absolute atomic E-state index is 13.0. The van der Waals surface area contributed by atoms with Crippen LogP contribution in [0.1, 0.15) is 5.56 Å². The second-order valence-electron chi connectivity index (χ2n) is 4.36. The Morgan fingerprint density at radius 1 is 1.36 bits per heavy atom. The number of thioether (sulfide) groups is 2. The average molecular weight is 410 g/mol. The van der Waals surface area contributed by atoms with Gasteiger partial charge in [-0.2, -0.15) is 13.2 Å². The number of rotatable bonds is 6. The lowest BCUT2D eigenvalue weighted by molar-refractivity contribution is -0.385. The number of nitro groups is 1. The minimum Gasteiger partial charge on any atom is -0.325 e. The number of nitro benzene ring substituents is 1. The summed E-state index contributed by atoms with van der Waals surface area (Å²) >= 11 is 3.68. The number of alkyl halides is 3. The van der Waals surface area contributed by atoms with Crippen molar-refractivity contribution in [3.63, 3.8) is 0 Å². The number of carbonyl (C=O) groups excluding carboxylic acids is 1. The summed E-state index contributed by atoms with van der Waals surface area (Å²) in [6.07, 6.45) is -3.02. The van der Waals surface area contributed by atoms with Crippen LogP contribution in [0.3, 0.4) is 0 Å². The largest absolute Gasteiger partial charge is 0.418 e. The second kappa shape index (κ2) is 8.01. The van der Waals surface area contributed by atoms with Gasteiger partial charge >= 0.3 is 6.18 Å². The van der Waals surface area contributed by atoms with E-state index in [4.69, 9.17) is 0 Å². The number of anilines is 1. The van der Waals surface area contributed by atoms with Gasteiger partial charge in [-0.15, -0.1) is 10.2 Å². The summed E-state index contributed by atoms with van der Waals surface area (Å²) in [4.78, 5) is 21.6. The van der Waals surface area contributed by atoms with Crippen molar-refractivity contribution < 1.29 is 22.9 Å². The van der Waals surface area contributed by atoms with Gasteiger partial charge in [0, 0.05) is 12.1 Å². The SMILES string of the molecule is CSc1nnc(SCC(=O)Nc2ccc([N+](=O)[O-])cc2C(F)(F)F)s1. The molecule has 0 spiro atoms. The summed E-state index contributed by atoms with van der Waals surface area (Å²) in [5.74, 6) is -0.859. The highest BCUT2D eigenvalue weighted by Gasteiger charge is 2.35. The third kappa shape index (κ3) is 5.31. The first kappa shape index (κ1) is 19.5. The molecule has 0 saturated heterocycles. The third-order valence-electron chi connectivity index (χ3n) is 2.68. The number of halogens is 3. The molecule has 2 aromatic rings. The van der Waals surface area contributed by atoms with E-state index in [1.807, 2.05) is 6.26 Å². The Morgan fingerprint density at radius 3 is 2.60 bits per heavy atom. The Balaban J connectivity index is 2.10. The quantitative estimate of drug-likeness (QED) is 0.438. The Kier molecular flexibility index (Phi) is 6.24. The van der Waals surface area contributed by atoms with Crippen molar-refractivity contribution >= 4 is 52.1 Å². The summed E-state index contributed by atoms with van der Waals surface area (Å²) in [7, 11) is 0. The van der Waals surface area contributed by atoms with Gasteiger partial charge in [-0.3, -0.25) is 14.9 Å². The topological polar surface area (TPSA) is 98.0 Å². The molecule has 0 aliphatic heterocycles. The maximum atomic E-state index is 13.0. The highest BCUT2D eigenvalue weighted by atomic mass is 32.2. The van der Waals surface area contributed by atoms with Gasteiger partial charge in [0.05, 0.1) is 21.9 Å². The van der Waals surface area contributed by atoms with Crippen LogP contribution < -0.4 is 5.32 Å². The average Bonchev–Trinajstić information content (AvgIpc) is 3.00. The smallest absolute Gasteiger partial charge is 0.325 e. The van der Waals surface area contributed by atoms with Crippen LogP contribution in [0.25, 0.3) is 0 Å². The van der Waals surface area contributed by atoms with Gasteiger partial charge in [-0.05, 0) is 12.3 Å². The van der Waals surface area contributed by atoms with E-state index in [0.29, 0.717) is 14.7 Å². The highest BCUT2D eigenvalue weighted by Crippen LogP contribution is 2.37. The zero-order valence-electron chi connectivity index (χ0n) is 12.4. The second-order valence-corrected chi connectivity index (χ2v) is 7.61. The normalized spacial score (nSPS) is 11.4. The molecule has 0 saturated carbocycles. The van der Waals surface area contributed by atoms with Gasteiger partial charge < -0.3 is 5.32 Å². The molecule has 0 atom stereocenters. The van der Waals surface area contributed by atoms with Crippen molar-refractivity contribution in [3.05, 3.63) is 33.9 Å². The summed E-state index contributed by atoms with van der Waals surface area (Å²) in [5, 5.41) is 20.4. The molecule has 1 N–H and O–H groups in total. The molecule has 0 fully saturated rings. The molecule has 1 amide bonds. The molecular weight excluding hydrogens is 401 g/mol. The van der Waals surface area contributed by atoms with Crippen molar-refractivity contribution in [2.24, 2.45) is 0 Å². The van der Waals surface area contributed by atoms with Crippen molar-refractivity contribution in [1.82, 2.24) is 10.2 Å². The molecule has 134 valence electrons. The molecule has 25 heavy (non-hydrogen) atoms. The predicted molar refractivity (Wildman–Crippen MR) is 89.1 cm³/mol. The van der Waals surface area contributed by atoms with E-state index < -0.39 is 33.9 Å². The van der Waals surface area contributed by atoms with Gasteiger partial charge in [-0.1, -0.05) is 34.9 Å². The van der Waals surface area contributed by atoms with Crippen LogP contribution in [0.5, 0.6) is 0 Å². The first-order chi connectivity index (χ1) is 11.7. The Bertz CT molecular complexity index is 797. The fraction of sp³-hybridized carbons (Fsp3) is 0.250. The van der Waals surface area contributed by atoms with E-state index in [-0.39, 0.29) is 5.75 Å². The van der Waals surface area contributed by atoms with Gasteiger partial charge in [0.25, 0.3) is 5.69 Å². The summed E-state index contributed by atoms with van der Waals surface area (Å²) in [5.41, 5.74) is -2.52. The standard InChI is InChI=1S/C12H9F3N4O3S3/c1-23-10-17-18-11(25-10)24-5-9(20)16-8-3-2-6(19(21)22)4-7(8)12(13,14)15/h2-4H,5H2,1H3,(H,16,20). The fourth-order valence-corrected chi connectivity index (χ4v) is 3.88. The molecule has 0 unspecified atom stereocenters. The Labute approximate surface area is 151 Å². The molecular formula is C12H9F3N4O3S3. The molecule has 7 nitrogen and oxygen atoms in total.